The Balaban J connectivity index is 1.96. The Kier molecular flexibility index (Phi) is 9.55. The van der Waals surface area contributed by atoms with Gasteiger partial charge in [-0.15, -0.1) is 19.7 Å². The molecule has 0 aliphatic carbocycles. The first-order valence-electron chi connectivity index (χ1n) is 11.7. The number of rotatable bonds is 10. The van der Waals surface area contributed by atoms with Crippen molar-refractivity contribution in [1.29, 1.82) is 0 Å². The Bertz CT molecular complexity index is 2210. The maximum absolute atomic E-state index is 12.3. The van der Waals surface area contributed by atoms with E-state index in [9.17, 15) is 39.5 Å². The van der Waals surface area contributed by atoms with Gasteiger partial charge < -0.3 is 10.8 Å². The number of fused-ring (bicyclic) bond motifs is 1. The molecule has 0 aliphatic rings. The van der Waals surface area contributed by atoms with Crippen molar-refractivity contribution < 1.29 is 58.6 Å². The minimum Gasteiger partial charge on any atom is -0.505 e. The second kappa shape index (κ2) is 12.7. The molecule has 0 saturated carbocycles. The molecule has 0 saturated heterocycles. The lowest BCUT2D eigenvalue weighted by molar-refractivity contribution is -0.432. The predicted molar refractivity (Wildman–Crippen MR) is 156 cm³/mol. The summed E-state index contributed by atoms with van der Waals surface area (Å²) in [6.07, 6.45) is 0. The number of nitrogens with two attached hydrogens (primary N) is 1. The normalized spacial score (nSPS) is 12.9. The summed E-state index contributed by atoms with van der Waals surface area (Å²) in [7, 11) is -14.3. The van der Waals surface area contributed by atoms with Crippen LogP contribution in [-0.2, 0) is 39.7 Å². The molecule has 4 aromatic rings. The van der Waals surface area contributed by atoms with Gasteiger partial charge in [-0.3, -0.25) is 13.7 Å². The Morgan fingerprint density at radius 2 is 1.38 bits per heavy atom. The van der Waals surface area contributed by atoms with Crippen molar-refractivity contribution in [3.05, 3.63) is 60.2 Å². The molecule has 0 atom stereocenters. The molecule has 0 aromatic heterocycles. The zero-order chi connectivity index (χ0) is 33.3. The highest BCUT2D eigenvalue weighted by atomic mass is 32.2. The zero-order valence-electron chi connectivity index (χ0n) is 22.2. The minimum atomic E-state index is -5.05. The zero-order valence-corrected chi connectivity index (χ0v) is 25.5. The Morgan fingerprint density at radius 3 is 1.96 bits per heavy atom. The van der Waals surface area contributed by atoms with Crippen molar-refractivity contribution in [1.82, 2.24) is 0 Å². The van der Waals surface area contributed by atoms with E-state index in [4.69, 9.17) is 15.5 Å². The van der Waals surface area contributed by atoms with Crippen LogP contribution in [0.4, 0.5) is 28.4 Å². The number of aromatic hydroxyl groups is 1. The first-order valence-corrected chi connectivity index (χ1v) is 16.7. The van der Waals surface area contributed by atoms with Crippen LogP contribution in [0.15, 0.2) is 94.6 Å². The molecule has 0 unspecified atom stereocenters. The maximum Gasteiger partial charge on any atom is 0.296 e. The Labute approximate surface area is 258 Å². The Morgan fingerprint density at radius 1 is 0.756 bits per heavy atom. The van der Waals surface area contributed by atoms with Crippen molar-refractivity contribution in [3.8, 4) is 5.75 Å². The molecule has 0 heterocycles. The summed E-state index contributed by atoms with van der Waals surface area (Å²) in [4.78, 5) is -2.15. The van der Waals surface area contributed by atoms with Gasteiger partial charge in [0.2, 0.25) is 0 Å². The minimum absolute atomic E-state index is 0.0393. The maximum atomic E-state index is 12.3. The van der Waals surface area contributed by atoms with E-state index >= 15 is 0 Å². The fourth-order valence-electron chi connectivity index (χ4n) is 3.84. The average Bonchev–Trinajstić information content (AvgIpc) is 2.93. The number of nitrogen functional groups attached to an aromatic ring is 1. The molecule has 22 heteroatoms. The number of phenols is 1. The predicted octanol–water partition coefficient (Wildman–Crippen LogP) is 5.44. The number of hydrogen-bond donors (Lipinski definition) is 6. The third-order valence-electron chi connectivity index (χ3n) is 5.80. The van der Waals surface area contributed by atoms with Crippen LogP contribution in [0.1, 0.15) is 5.56 Å². The van der Waals surface area contributed by atoms with E-state index in [0.717, 1.165) is 42.5 Å². The van der Waals surface area contributed by atoms with Gasteiger partial charge in [-0.1, -0.05) is 11.1 Å². The fourth-order valence-corrected chi connectivity index (χ4v) is 6.09. The van der Waals surface area contributed by atoms with Crippen molar-refractivity contribution in [2.75, 3.05) is 5.73 Å². The number of anilines is 1. The van der Waals surface area contributed by atoms with Gasteiger partial charge in [0, 0.05) is 0 Å². The largest absolute Gasteiger partial charge is 0.505 e. The molecule has 4 rings (SSSR count). The summed E-state index contributed by atoms with van der Waals surface area (Å²) in [6, 6.07) is 9.91. The number of benzene rings is 4. The van der Waals surface area contributed by atoms with Crippen LogP contribution in [0.3, 0.4) is 0 Å². The monoisotopic (exact) mass is 701 g/mol. The smallest absolute Gasteiger partial charge is 0.296 e. The number of nitrogens with zero attached hydrogens (tertiary/aromatic N) is 4. The van der Waals surface area contributed by atoms with Gasteiger partial charge in [0.1, 0.15) is 26.9 Å². The van der Waals surface area contributed by atoms with Gasteiger partial charge in [0.25, 0.3) is 30.4 Å². The SMILES string of the molecule is Cc1ccc(S(=O)(=O)O)c(N=Nc2c(SOOO)cc3cc(S(=O)(=O)O)c(N=Nc4ccc(S(=O)(=O)O)cc4)c(N)c3c2O)c1. The number of aryl methyl sites for hydroxylation is 1. The average molecular weight is 702 g/mol. The van der Waals surface area contributed by atoms with Gasteiger partial charge in [-0.05, 0) is 66.4 Å². The lowest BCUT2D eigenvalue weighted by Crippen LogP contribution is -2.02. The van der Waals surface area contributed by atoms with E-state index in [-0.39, 0.29) is 39.1 Å². The summed E-state index contributed by atoms with van der Waals surface area (Å²) < 4.78 is 104. The molecule has 4 aromatic carbocycles. The molecule has 0 spiro atoms. The topological polar surface area (TPSA) is 297 Å². The highest BCUT2D eigenvalue weighted by Crippen LogP contribution is 2.49. The van der Waals surface area contributed by atoms with Crippen molar-refractivity contribution in [3.63, 3.8) is 0 Å². The highest BCUT2D eigenvalue weighted by Gasteiger charge is 2.26. The van der Waals surface area contributed by atoms with Crippen LogP contribution in [0.25, 0.3) is 10.8 Å². The molecular formula is C23H19N5O13S4. The molecule has 238 valence electrons. The van der Waals surface area contributed by atoms with Gasteiger partial charge >= 0.3 is 0 Å². The summed E-state index contributed by atoms with van der Waals surface area (Å²) >= 11 is 0.249. The lowest BCUT2D eigenvalue weighted by atomic mass is 10.1. The molecule has 7 N–H and O–H groups in total. The first kappa shape index (κ1) is 33.8. The number of phenolic OH excluding ortho intramolecular Hbond substituents is 1. The summed E-state index contributed by atoms with van der Waals surface area (Å²) in [6.45, 7) is 1.60. The van der Waals surface area contributed by atoms with E-state index in [1.165, 1.54) is 12.1 Å². The molecule has 0 bridgehead atoms. The van der Waals surface area contributed by atoms with Crippen LogP contribution in [-0.4, -0.2) is 49.3 Å². The fraction of sp³-hybridized carbons (Fsp3) is 0.0435. The standard InChI is InChI=1S/C23H19N5O13S4/c1-11-2-7-17(44(34,35)36)15(8-11)26-27-21-16(42-41-40-30)9-12-10-18(45(37,38)39)22(20(24)19(12)23(21)29)28-25-13-3-5-14(6-4-13)43(31,32)33/h2-10,29-30H,24H2,1H3,(H,31,32,33)(H,34,35,36)(H,37,38,39). The number of hydrogen-bond acceptors (Lipinski definition) is 16. The molecular weight excluding hydrogens is 683 g/mol. The summed E-state index contributed by atoms with van der Waals surface area (Å²) in [5, 5.41) is 38.3. The van der Waals surface area contributed by atoms with Crippen LogP contribution in [0, 0.1) is 6.92 Å². The second-order valence-electron chi connectivity index (χ2n) is 8.82. The van der Waals surface area contributed by atoms with Gasteiger partial charge in [-0.25, -0.2) is 5.26 Å². The molecule has 0 radical (unpaired) electrons. The molecule has 45 heavy (non-hydrogen) atoms. The molecule has 18 nitrogen and oxygen atoms in total. The van der Waals surface area contributed by atoms with E-state index in [2.05, 4.69) is 29.8 Å². The highest BCUT2D eigenvalue weighted by molar-refractivity contribution is 7.94. The third kappa shape index (κ3) is 7.59. The quantitative estimate of drug-likeness (QED) is 0.0300. The van der Waals surface area contributed by atoms with E-state index in [1.807, 2.05) is 0 Å². The van der Waals surface area contributed by atoms with Crippen LogP contribution in [0.2, 0.25) is 0 Å². The first-order chi connectivity index (χ1) is 20.9. The van der Waals surface area contributed by atoms with E-state index in [0.29, 0.717) is 5.56 Å². The molecule has 0 fully saturated rings. The van der Waals surface area contributed by atoms with Gasteiger partial charge in [0.05, 0.1) is 38.6 Å². The number of azo groups is 2. The molecule has 0 aliphatic heterocycles. The Hall–Kier alpha value is -4.10. The third-order valence-corrected chi connectivity index (χ3v) is 9.05. The summed E-state index contributed by atoms with van der Waals surface area (Å²) in [5.41, 5.74) is 4.66. The van der Waals surface area contributed by atoms with Crippen molar-refractivity contribution >= 4 is 81.6 Å². The van der Waals surface area contributed by atoms with Crippen LogP contribution < -0.4 is 5.73 Å². The van der Waals surface area contributed by atoms with Crippen molar-refractivity contribution in [2.45, 2.75) is 26.5 Å². The van der Waals surface area contributed by atoms with E-state index < -0.39 is 67.9 Å². The summed E-state index contributed by atoms with van der Waals surface area (Å²) in [5.74, 6) is -0.797. The molecule has 0 amide bonds. The van der Waals surface area contributed by atoms with Crippen molar-refractivity contribution in [2.24, 2.45) is 20.5 Å². The van der Waals surface area contributed by atoms with Gasteiger partial charge in [-0.2, -0.15) is 30.4 Å². The van der Waals surface area contributed by atoms with Crippen LogP contribution in [0.5, 0.6) is 5.75 Å². The second-order valence-corrected chi connectivity index (χ2v) is 13.8. The lowest BCUT2D eigenvalue weighted by Gasteiger charge is -2.14. The van der Waals surface area contributed by atoms with Crippen LogP contribution >= 0.6 is 12.0 Å². The van der Waals surface area contributed by atoms with Gasteiger partial charge in [0.15, 0.2) is 5.75 Å². The van der Waals surface area contributed by atoms with E-state index in [1.54, 1.807) is 6.92 Å².